The van der Waals surface area contributed by atoms with Crippen molar-refractivity contribution in [2.24, 2.45) is 0 Å². The largest absolute Gasteiger partial charge is 0.479 e. The number of aromatic nitrogens is 4. The molecular formula is C23H34N4O2Si. The third-order valence-corrected chi connectivity index (χ3v) is 10.8. The lowest BCUT2D eigenvalue weighted by molar-refractivity contribution is 0.122. The van der Waals surface area contributed by atoms with Crippen LogP contribution in [-0.4, -0.2) is 41.1 Å². The molecule has 3 aromatic rings. The van der Waals surface area contributed by atoms with E-state index in [1.807, 2.05) is 6.33 Å². The predicted molar refractivity (Wildman–Crippen MR) is 123 cm³/mol. The first-order chi connectivity index (χ1) is 14.1. The minimum absolute atomic E-state index is 0.0458. The molecule has 0 bridgehead atoms. The van der Waals surface area contributed by atoms with E-state index in [2.05, 4.69) is 90.6 Å². The summed E-state index contributed by atoms with van der Waals surface area (Å²) in [6.45, 7) is 13.7. The smallest absolute Gasteiger partial charge is 0.245 e. The number of aryl methyl sites for hydroxylation is 1. The second-order valence-electron chi connectivity index (χ2n) is 9.39. The normalized spacial score (nSPS) is 14.6. The molecule has 2 heterocycles. The molecule has 0 radical (unpaired) electrons. The highest BCUT2D eigenvalue weighted by Crippen LogP contribution is 2.39. The molecule has 30 heavy (non-hydrogen) atoms. The van der Waals surface area contributed by atoms with Crippen molar-refractivity contribution in [2.75, 3.05) is 7.11 Å². The van der Waals surface area contributed by atoms with Crippen molar-refractivity contribution in [1.29, 1.82) is 0 Å². The van der Waals surface area contributed by atoms with Crippen LogP contribution in [0.1, 0.15) is 45.7 Å². The van der Waals surface area contributed by atoms with Gasteiger partial charge >= 0.3 is 0 Å². The van der Waals surface area contributed by atoms with Crippen LogP contribution in [0.4, 0.5) is 0 Å². The van der Waals surface area contributed by atoms with Gasteiger partial charge in [-0.25, -0.2) is 9.97 Å². The molecule has 6 nitrogen and oxygen atoms in total. The van der Waals surface area contributed by atoms with Crippen LogP contribution in [0.2, 0.25) is 18.1 Å². The van der Waals surface area contributed by atoms with E-state index in [0.29, 0.717) is 11.4 Å². The average molecular weight is 427 g/mol. The van der Waals surface area contributed by atoms with Crippen molar-refractivity contribution in [3.05, 3.63) is 48.5 Å². The van der Waals surface area contributed by atoms with Gasteiger partial charge in [-0.2, -0.15) is 4.98 Å². The fourth-order valence-corrected chi connectivity index (χ4v) is 4.79. The molecule has 0 N–H and O–H groups in total. The summed E-state index contributed by atoms with van der Waals surface area (Å²) < 4.78 is 14.4. The van der Waals surface area contributed by atoms with E-state index in [9.17, 15) is 0 Å². The van der Waals surface area contributed by atoms with Crippen molar-refractivity contribution in [1.82, 2.24) is 19.5 Å². The highest BCUT2D eigenvalue weighted by Gasteiger charge is 2.40. The zero-order chi connectivity index (χ0) is 21.9. The van der Waals surface area contributed by atoms with E-state index >= 15 is 0 Å². The van der Waals surface area contributed by atoms with Gasteiger partial charge in [0.05, 0.1) is 25.6 Å². The summed E-state index contributed by atoms with van der Waals surface area (Å²) in [6, 6.07) is 10.7. The zero-order valence-electron chi connectivity index (χ0n) is 19.2. The maximum Gasteiger partial charge on any atom is 0.245 e. The van der Waals surface area contributed by atoms with Crippen LogP contribution in [0.5, 0.6) is 5.88 Å². The summed E-state index contributed by atoms with van der Waals surface area (Å²) in [7, 11) is -0.353. The van der Waals surface area contributed by atoms with Crippen LogP contribution in [0.25, 0.3) is 11.2 Å². The Bertz CT molecular complexity index is 966. The Morgan fingerprint density at radius 3 is 2.40 bits per heavy atom. The number of hydrogen-bond acceptors (Lipinski definition) is 5. The summed E-state index contributed by atoms with van der Waals surface area (Å²) in [4.78, 5) is 13.2. The van der Waals surface area contributed by atoms with Crippen molar-refractivity contribution in [2.45, 2.75) is 70.8 Å². The molecule has 0 saturated carbocycles. The van der Waals surface area contributed by atoms with Crippen LogP contribution >= 0.6 is 0 Å². The van der Waals surface area contributed by atoms with E-state index < -0.39 is 8.32 Å². The lowest BCUT2D eigenvalue weighted by Gasteiger charge is -2.41. The molecule has 0 saturated heterocycles. The quantitative estimate of drug-likeness (QED) is 0.450. The standard InChI is InChI=1S/C23H34N4O2Si/c1-17(27-16-26-20-21(27)24-15-25-22(20)28-5)19(29-30(6,7)23(2,3)4)14-13-18-11-9-8-10-12-18/h8-12,15-17,19H,13-14H2,1-7H3/t17-,19+/m1/s1. The molecule has 2 atom stereocenters. The Kier molecular flexibility index (Phi) is 6.62. The number of nitrogens with zero attached hydrogens (tertiary/aromatic N) is 4. The van der Waals surface area contributed by atoms with Crippen LogP contribution in [0, 0.1) is 0 Å². The van der Waals surface area contributed by atoms with Crippen molar-refractivity contribution in [3.63, 3.8) is 0 Å². The Morgan fingerprint density at radius 1 is 1.07 bits per heavy atom. The summed E-state index contributed by atoms with van der Waals surface area (Å²) in [5.74, 6) is 0.497. The van der Waals surface area contributed by atoms with Crippen LogP contribution in [0.3, 0.4) is 0 Å². The van der Waals surface area contributed by atoms with E-state index in [-0.39, 0.29) is 17.2 Å². The fourth-order valence-electron chi connectivity index (χ4n) is 3.36. The third-order valence-electron chi connectivity index (χ3n) is 6.31. The molecule has 0 aliphatic carbocycles. The van der Waals surface area contributed by atoms with Gasteiger partial charge in [0.1, 0.15) is 6.33 Å². The summed E-state index contributed by atoms with van der Waals surface area (Å²) >= 11 is 0. The average Bonchev–Trinajstić information content (AvgIpc) is 3.14. The van der Waals surface area contributed by atoms with Gasteiger partial charge in [-0.3, -0.25) is 0 Å². The van der Waals surface area contributed by atoms with Gasteiger partial charge in [0.2, 0.25) is 5.88 Å². The number of fused-ring (bicyclic) bond motifs is 1. The molecule has 0 amide bonds. The maximum absolute atomic E-state index is 6.93. The first-order valence-electron chi connectivity index (χ1n) is 10.6. The molecule has 0 aliphatic rings. The molecule has 7 heteroatoms. The van der Waals surface area contributed by atoms with Crippen LogP contribution < -0.4 is 4.74 Å². The molecule has 1 aromatic carbocycles. The summed E-state index contributed by atoms with van der Waals surface area (Å²) in [5, 5.41) is 0.139. The number of ether oxygens (including phenoxy) is 1. The van der Waals surface area contributed by atoms with Gasteiger partial charge in [-0.05, 0) is 43.5 Å². The van der Waals surface area contributed by atoms with Gasteiger partial charge in [0.15, 0.2) is 19.5 Å². The zero-order valence-corrected chi connectivity index (χ0v) is 20.2. The van der Waals surface area contributed by atoms with Crippen molar-refractivity contribution >= 4 is 19.5 Å². The molecule has 2 aromatic heterocycles. The van der Waals surface area contributed by atoms with E-state index in [4.69, 9.17) is 9.16 Å². The van der Waals surface area contributed by atoms with Crippen LogP contribution in [0.15, 0.2) is 43.0 Å². The predicted octanol–water partition coefficient (Wildman–Crippen LogP) is 5.42. The number of hydrogen-bond donors (Lipinski definition) is 0. The van der Waals surface area contributed by atoms with E-state index in [0.717, 1.165) is 18.5 Å². The maximum atomic E-state index is 6.93. The second kappa shape index (κ2) is 8.86. The minimum atomic E-state index is -1.96. The second-order valence-corrected chi connectivity index (χ2v) is 14.1. The van der Waals surface area contributed by atoms with Gasteiger partial charge in [-0.1, -0.05) is 51.1 Å². The number of methoxy groups -OCH3 is 1. The molecule has 0 spiro atoms. The molecular weight excluding hydrogens is 392 g/mol. The van der Waals surface area contributed by atoms with E-state index in [1.54, 1.807) is 7.11 Å². The van der Waals surface area contributed by atoms with Crippen molar-refractivity contribution < 1.29 is 9.16 Å². The first kappa shape index (κ1) is 22.4. The van der Waals surface area contributed by atoms with Gasteiger partial charge in [-0.15, -0.1) is 0 Å². The van der Waals surface area contributed by atoms with Crippen molar-refractivity contribution in [3.8, 4) is 5.88 Å². The molecule has 0 aliphatic heterocycles. The Labute approximate surface area is 180 Å². The lowest BCUT2D eigenvalue weighted by Crippen LogP contribution is -2.46. The monoisotopic (exact) mass is 426 g/mol. The van der Waals surface area contributed by atoms with Gasteiger partial charge < -0.3 is 13.7 Å². The topological polar surface area (TPSA) is 62.1 Å². The van der Waals surface area contributed by atoms with Gasteiger partial charge in [0.25, 0.3) is 0 Å². The number of benzene rings is 1. The van der Waals surface area contributed by atoms with E-state index in [1.165, 1.54) is 11.9 Å². The minimum Gasteiger partial charge on any atom is -0.479 e. The SMILES string of the molecule is COc1ncnc2c1ncn2[C@H](C)[C@H](CCc1ccccc1)O[Si](C)(C)C(C)(C)C. The molecule has 162 valence electrons. The Morgan fingerprint density at radius 2 is 1.77 bits per heavy atom. The lowest BCUT2D eigenvalue weighted by atomic mass is 10.0. The third kappa shape index (κ3) is 4.73. The van der Waals surface area contributed by atoms with Gasteiger partial charge in [0, 0.05) is 0 Å². The Balaban J connectivity index is 1.92. The fraction of sp³-hybridized carbons (Fsp3) is 0.522. The molecule has 0 unspecified atom stereocenters. The number of imidazole rings is 1. The molecule has 3 rings (SSSR count). The first-order valence-corrected chi connectivity index (χ1v) is 13.5. The number of rotatable bonds is 8. The summed E-state index contributed by atoms with van der Waals surface area (Å²) in [6.07, 6.45) is 5.30. The van der Waals surface area contributed by atoms with Crippen LogP contribution in [-0.2, 0) is 10.8 Å². The highest BCUT2D eigenvalue weighted by atomic mass is 28.4. The molecule has 0 fully saturated rings. The Hall–Kier alpha value is -2.25. The summed E-state index contributed by atoms with van der Waals surface area (Å²) in [5.41, 5.74) is 2.78. The highest BCUT2D eigenvalue weighted by molar-refractivity contribution is 6.74.